The van der Waals surface area contributed by atoms with Crippen molar-refractivity contribution in [1.82, 2.24) is 0 Å². The maximum absolute atomic E-state index is 12.6. The number of carbonyl (C=O) groups is 2. The van der Waals surface area contributed by atoms with Crippen molar-refractivity contribution in [3.05, 3.63) is 72.9 Å². The van der Waals surface area contributed by atoms with Crippen LogP contribution in [0.2, 0.25) is 0 Å². The third-order valence-corrected chi connectivity index (χ3v) is 9.87. The van der Waals surface area contributed by atoms with Crippen LogP contribution in [0.15, 0.2) is 72.9 Å². The highest BCUT2D eigenvalue weighted by atomic mass is 31.2. The molecule has 0 radical (unpaired) electrons. The Hall–Kier alpha value is -2.63. The molecule has 0 heterocycles. The molecule has 12 heteroatoms. The molecule has 0 spiro atoms. The molecule has 0 rings (SSSR count). The van der Waals surface area contributed by atoms with Crippen LogP contribution in [0.3, 0.4) is 0 Å². The molecule has 11 nitrogen and oxygen atoms in total. The zero-order chi connectivity index (χ0) is 42.8. The molecule has 0 saturated carbocycles. The predicted molar refractivity (Wildman–Crippen MR) is 234 cm³/mol. The molecule has 58 heavy (non-hydrogen) atoms. The number of hydrogen-bond acceptors (Lipinski definition) is 10. The summed E-state index contributed by atoms with van der Waals surface area (Å²) in [6.45, 7) is 2.05. The molecule has 0 aliphatic rings. The number of aliphatic hydroxyl groups is 3. The first-order valence-corrected chi connectivity index (χ1v) is 23.5. The molecule has 0 aromatic carbocycles. The van der Waals surface area contributed by atoms with Gasteiger partial charge in [-0.1, -0.05) is 151 Å². The number of hydrogen-bond donors (Lipinski definition) is 4. The minimum Gasteiger partial charge on any atom is -0.462 e. The summed E-state index contributed by atoms with van der Waals surface area (Å²) in [5, 5.41) is 28.1. The Kier molecular flexibility index (Phi) is 39.3. The summed E-state index contributed by atoms with van der Waals surface area (Å²) in [5.41, 5.74) is 0. The Morgan fingerprint density at radius 3 is 1.79 bits per heavy atom. The van der Waals surface area contributed by atoms with Gasteiger partial charge in [0, 0.05) is 12.8 Å². The Morgan fingerprint density at radius 2 is 1.14 bits per heavy atom. The lowest BCUT2D eigenvalue weighted by atomic mass is 10.1. The zero-order valence-corrected chi connectivity index (χ0v) is 36.7. The van der Waals surface area contributed by atoms with Crippen molar-refractivity contribution >= 4 is 19.8 Å². The SMILES string of the molecule is CC/C=C\C(O)C/C=C/C=C\C/C=C\C/C=C\CCCC(=O)O[C@H](COC(=O)CCCCCCCCC/C=C\CCCCCCCC)COP(=O)(O)OC[C@@H](O)CO. The Bertz CT molecular complexity index is 1210. The van der Waals surface area contributed by atoms with Crippen LogP contribution in [0.25, 0.3) is 0 Å². The average molecular weight is 839 g/mol. The van der Waals surface area contributed by atoms with Gasteiger partial charge < -0.3 is 29.7 Å². The molecule has 0 bridgehead atoms. The van der Waals surface area contributed by atoms with Crippen molar-refractivity contribution in [3.8, 4) is 0 Å². The number of unbranched alkanes of at least 4 members (excludes halogenated alkanes) is 14. The van der Waals surface area contributed by atoms with Gasteiger partial charge in [-0.2, -0.15) is 0 Å². The highest BCUT2D eigenvalue weighted by Gasteiger charge is 2.27. The van der Waals surface area contributed by atoms with Crippen LogP contribution in [-0.2, 0) is 32.7 Å². The van der Waals surface area contributed by atoms with Crippen molar-refractivity contribution in [3.63, 3.8) is 0 Å². The number of phosphoric ester groups is 1. The second-order valence-corrected chi connectivity index (χ2v) is 16.0. The minimum atomic E-state index is -4.65. The molecule has 2 unspecified atom stereocenters. The first-order valence-electron chi connectivity index (χ1n) is 22.0. The molecule has 0 amide bonds. The second-order valence-electron chi connectivity index (χ2n) is 14.5. The van der Waals surface area contributed by atoms with Crippen LogP contribution < -0.4 is 0 Å². The summed E-state index contributed by atoms with van der Waals surface area (Å²) < 4.78 is 32.6. The molecular formula is C46H79O11P. The summed E-state index contributed by atoms with van der Waals surface area (Å²) in [7, 11) is -4.65. The molecule has 0 saturated heterocycles. The fraction of sp³-hybridized carbons (Fsp3) is 0.696. The highest BCUT2D eigenvalue weighted by molar-refractivity contribution is 7.47. The smallest absolute Gasteiger partial charge is 0.462 e. The van der Waals surface area contributed by atoms with Crippen molar-refractivity contribution in [2.75, 3.05) is 26.4 Å². The Morgan fingerprint density at radius 1 is 0.603 bits per heavy atom. The number of rotatable bonds is 40. The quantitative estimate of drug-likeness (QED) is 0.0152. The molecule has 4 atom stereocenters. The van der Waals surface area contributed by atoms with Gasteiger partial charge in [-0.05, 0) is 70.6 Å². The van der Waals surface area contributed by atoms with E-state index in [1.54, 1.807) is 6.08 Å². The first kappa shape index (κ1) is 55.4. The number of allylic oxidation sites excluding steroid dienone is 10. The Labute approximate surface area is 351 Å². The molecular weight excluding hydrogens is 759 g/mol. The molecule has 0 fully saturated rings. The highest BCUT2D eigenvalue weighted by Crippen LogP contribution is 2.43. The van der Waals surface area contributed by atoms with Gasteiger partial charge in [0.05, 0.1) is 25.9 Å². The van der Waals surface area contributed by atoms with Crippen LogP contribution in [0.5, 0.6) is 0 Å². The van der Waals surface area contributed by atoms with E-state index in [0.29, 0.717) is 25.7 Å². The van der Waals surface area contributed by atoms with Crippen LogP contribution in [0.1, 0.15) is 162 Å². The van der Waals surface area contributed by atoms with Crippen LogP contribution in [0.4, 0.5) is 0 Å². The van der Waals surface area contributed by atoms with Gasteiger partial charge in [0.25, 0.3) is 0 Å². The van der Waals surface area contributed by atoms with E-state index in [9.17, 15) is 29.3 Å². The summed E-state index contributed by atoms with van der Waals surface area (Å²) in [4.78, 5) is 35.0. The van der Waals surface area contributed by atoms with Gasteiger partial charge >= 0.3 is 19.8 Å². The van der Waals surface area contributed by atoms with Crippen LogP contribution in [0, 0.1) is 0 Å². The lowest BCUT2D eigenvalue weighted by molar-refractivity contribution is -0.161. The van der Waals surface area contributed by atoms with E-state index in [0.717, 1.165) is 44.9 Å². The number of carbonyl (C=O) groups excluding carboxylic acids is 2. The molecule has 0 aliphatic heterocycles. The van der Waals surface area contributed by atoms with Gasteiger partial charge in [-0.3, -0.25) is 18.6 Å². The van der Waals surface area contributed by atoms with Gasteiger partial charge in [0.2, 0.25) is 0 Å². The van der Waals surface area contributed by atoms with E-state index in [-0.39, 0.29) is 19.4 Å². The normalized spacial score (nSPS) is 15.1. The van der Waals surface area contributed by atoms with Gasteiger partial charge in [-0.25, -0.2) is 4.57 Å². The van der Waals surface area contributed by atoms with Gasteiger partial charge in [-0.15, -0.1) is 0 Å². The minimum absolute atomic E-state index is 0.0841. The standard InChI is InChI=1S/C46H79O11P/c1-3-5-7-8-9-10-11-12-13-14-15-16-20-23-26-29-32-36-45(50)54-40-44(41-56-58(52,53)55-39-43(49)38-47)57-46(51)37-33-30-27-24-21-18-17-19-22-25-28-31-35-42(48)34-6-4-2/h6,12-13,17-18,22,24-25,27-28,31,34,42-44,47-49H,3-5,7-11,14-16,19-21,23,26,29-30,32-33,35-41H2,1-2H3,(H,52,53)/b13-12-,18-17-,25-22-,27-24-,31-28+,34-6-/t42?,43-,44+/m0/s1. The summed E-state index contributed by atoms with van der Waals surface area (Å²) in [6, 6.07) is 0. The lowest BCUT2D eigenvalue weighted by Crippen LogP contribution is -2.29. The van der Waals surface area contributed by atoms with Crippen LogP contribution >= 0.6 is 7.82 Å². The van der Waals surface area contributed by atoms with E-state index in [2.05, 4.69) is 35.8 Å². The molecule has 0 aromatic heterocycles. The van der Waals surface area contributed by atoms with Crippen LogP contribution in [-0.4, -0.2) is 76.9 Å². The lowest BCUT2D eigenvalue weighted by Gasteiger charge is -2.20. The topological polar surface area (TPSA) is 169 Å². The van der Waals surface area contributed by atoms with E-state index in [4.69, 9.17) is 19.1 Å². The third kappa shape index (κ3) is 40.2. The number of aliphatic hydroxyl groups excluding tert-OH is 3. The average Bonchev–Trinajstić information content (AvgIpc) is 3.21. The van der Waals surface area contributed by atoms with Crippen molar-refractivity contribution in [2.24, 2.45) is 0 Å². The van der Waals surface area contributed by atoms with E-state index < -0.39 is 57.9 Å². The third-order valence-electron chi connectivity index (χ3n) is 8.92. The maximum Gasteiger partial charge on any atom is 0.472 e. The Balaban J connectivity index is 4.43. The largest absolute Gasteiger partial charge is 0.472 e. The summed E-state index contributed by atoms with van der Waals surface area (Å²) in [6.07, 6.45) is 43.6. The van der Waals surface area contributed by atoms with Crippen molar-refractivity contribution in [1.29, 1.82) is 0 Å². The van der Waals surface area contributed by atoms with E-state index in [1.807, 2.05) is 49.5 Å². The number of phosphoric acid groups is 1. The van der Waals surface area contributed by atoms with Crippen molar-refractivity contribution < 1.29 is 52.9 Å². The number of ether oxygens (including phenoxy) is 2. The molecule has 0 aromatic rings. The molecule has 4 N–H and O–H groups in total. The fourth-order valence-electron chi connectivity index (χ4n) is 5.51. The molecule has 334 valence electrons. The van der Waals surface area contributed by atoms with Gasteiger partial charge in [0.15, 0.2) is 6.10 Å². The fourth-order valence-corrected chi connectivity index (χ4v) is 6.30. The van der Waals surface area contributed by atoms with E-state index in [1.165, 1.54) is 64.2 Å². The summed E-state index contributed by atoms with van der Waals surface area (Å²) in [5.74, 6) is -1.03. The monoisotopic (exact) mass is 839 g/mol. The van der Waals surface area contributed by atoms with Crippen molar-refractivity contribution in [2.45, 2.75) is 180 Å². The zero-order valence-electron chi connectivity index (χ0n) is 35.8. The number of esters is 2. The van der Waals surface area contributed by atoms with E-state index >= 15 is 0 Å². The molecule has 0 aliphatic carbocycles. The summed E-state index contributed by atoms with van der Waals surface area (Å²) >= 11 is 0. The predicted octanol–water partition coefficient (Wildman–Crippen LogP) is 10.6. The second kappa shape index (κ2) is 41.1. The maximum atomic E-state index is 12.6. The first-order chi connectivity index (χ1) is 28.1. The van der Waals surface area contributed by atoms with Gasteiger partial charge in [0.1, 0.15) is 12.7 Å².